The van der Waals surface area contributed by atoms with E-state index >= 15 is 0 Å². The fourth-order valence-electron chi connectivity index (χ4n) is 2.79. The summed E-state index contributed by atoms with van der Waals surface area (Å²) in [5, 5.41) is 24.4. The van der Waals surface area contributed by atoms with E-state index in [1.54, 1.807) is 19.2 Å². The first-order chi connectivity index (χ1) is 13.6. The number of guanidine groups is 1. The maximum absolute atomic E-state index is 10.7. The molecule has 0 atom stereocenters. The molecule has 0 aliphatic rings. The Bertz CT molecular complexity index is 775. The number of anilines is 1. The monoisotopic (exact) mass is 516 g/mol. The van der Waals surface area contributed by atoms with Crippen molar-refractivity contribution in [1.29, 1.82) is 0 Å². The quantitative estimate of drug-likeness (QED) is 0.110. The highest BCUT2D eigenvalue weighted by atomic mass is 127. The van der Waals surface area contributed by atoms with Gasteiger partial charge in [-0.1, -0.05) is 19.0 Å². The molecule has 0 spiro atoms. The molecular weight excluding hydrogens is 487 g/mol. The lowest BCUT2D eigenvalue weighted by Gasteiger charge is -2.11. The standard InChI is InChI=1S/C19H28N6O3.HI/c1-4-14(5-2)18-12-17(28-24-18)13-23-19(20-3)22-11-10-21-15-6-8-16(9-7-15)25(26)27;/h6-9,12,14,21H,4-5,10-11,13H2,1-3H3,(H2,20,22,23);1H. The number of aliphatic imine (C=N–C) groups is 1. The van der Waals surface area contributed by atoms with E-state index in [0.717, 1.165) is 30.0 Å². The van der Waals surface area contributed by atoms with Crippen LogP contribution >= 0.6 is 24.0 Å². The third kappa shape index (κ3) is 7.87. The summed E-state index contributed by atoms with van der Waals surface area (Å²) in [5.41, 5.74) is 1.90. The zero-order valence-corrected chi connectivity index (χ0v) is 19.3. The van der Waals surface area contributed by atoms with Gasteiger partial charge in [-0.2, -0.15) is 0 Å². The maximum atomic E-state index is 10.7. The molecule has 29 heavy (non-hydrogen) atoms. The molecule has 2 rings (SSSR count). The van der Waals surface area contributed by atoms with Crippen molar-refractivity contribution in [2.75, 3.05) is 25.5 Å². The highest BCUT2D eigenvalue weighted by Crippen LogP contribution is 2.22. The summed E-state index contributed by atoms with van der Waals surface area (Å²) in [5.74, 6) is 1.86. The van der Waals surface area contributed by atoms with Gasteiger partial charge in [0.2, 0.25) is 0 Å². The van der Waals surface area contributed by atoms with Gasteiger partial charge in [-0.05, 0) is 25.0 Å². The van der Waals surface area contributed by atoms with Crippen molar-refractivity contribution in [2.24, 2.45) is 4.99 Å². The summed E-state index contributed by atoms with van der Waals surface area (Å²) in [4.78, 5) is 14.4. The lowest BCUT2D eigenvalue weighted by atomic mass is 9.99. The van der Waals surface area contributed by atoms with Crippen LogP contribution in [0, 0.1) is 10.1 Å². The Morgan fingerprint density at radius 3 is 2.48 bits per heavy atom. The number of hydrogen-bond acceptors (Lipinski definition) is 6. The second-order valence-electron chi connectivity index (χ2n) is 6.31. The first kappa shape index (κ1) is 24.7. The van der Waals surface area contributed by atoms with Gasteiger partial charge in [0.05, 0.1) is 17.2 Å². The van der Waals surface area contributed by atoms with E-state index in [9.17, 15) is 10.1 Å². The van der Waals surface area contributed by atoms with E-state index < -0.39 is 4.92 Å². The lowest BCUT2D eigenvalue weighted by Crippen LogP contribution is -2.39. The number of benzene rings is 1. The fourth-order valence-corrected chi connectivity index (χ4v) is 2.79. The van der Waals surface area contributed by atoms with E-state index in [1.165, 1.54) is 12.1 Å². The molecule has 0 unspecified atom stereocenters. The van der Waals surface area contributed by atoms with Crippen LogP contribution in [0.25, 0.3) is 0 Å². The van der Waals surface area contributed by atoms with Crippen molar-refractivity contribution in [3.05, 3.63) is 51.9 Å². The number of nitro groups is 1. The number of hydrogen-bond donors (Lipinski definition) is 3. The molecule has 1 aromatic heterocycles. The summed E-state index contributed by atoms with van der Waals surface area (Å²) < 4.78 is 5.40. The Labute approximate surface area is 187 Å². The number of nitro benzene ring substituents is 1. The summed E-state index contributed by atoms with van der Waals surface area (Å²) in [6.07, 6.45) is 2.09. The van der Waals surface area contributed by atoms with Crippen molar-refractivity contribution in [2.45, 2.75) is 39.2 Å². The van der Waals surface area contributed by atoms with E-state index in [1.807, 2.05) is 6.07 Å². The molecule has 160 valence electrons. The Kier molecular flexibility index (Phi) is 11.0. The molecule has 0 saturated carbocycles. The Morgan fingerprint density at radius 1 is 1.21 bits per heavy atom. The summed E-state index contributed by atoms with van der Waals surface area (Å²) in [6.45, 7) is 6.07. The minimum absolute atomic E-state index is 0. The van der Waals surface area contributed by atoms with Gasteiger partial charge >= 0.3 is 0 Å². The zero-order valence-electron chi connectivity index (χ0n) is 17.0. The minimum Gasteiger partial charge on any atom is -0.383 e. The predicted octanol–water partition coefficient (Wildman–Crippen LogP) is 3.88. The molecule has 0 aliphatic carbocycles. The van der Waals surface area contributed by atoms with Crippen LogP contribution < -0.4 is 16.0 Å². The van der Waals surface area contributed by atoms with Gasteiger partial charge in [0.25, 0.3) is 5.69 Å². The third-order valence-electron chi connectivity index (χ3n) is 4.46. The molecule has 0 saturated heterocycles. The van der Waals surface area contributed by atoms with Crippen molar-refractivity contribution < 1.29 is 9.45 Å². The second kappa shape index (κ2) is 13.0. The van der Waals surface area contributed by atoms with E-state index in [-0.39, 0.29) is 29.7 Å². The predicted molar refractivity (Wildman–Crippen MR) is 125 cm³/mol. The summed E-state index contributed by atoms with van der Waals surface area (Å²) >= 11 is 0. The van der Waals surface area contributed by atoms with Gasteiger partial charge in [0, 0.05) is 49.9 Å². The normalized spacial score (nSPS) is 11.1. The fraction of sp³-hybridized carbons (Fsp3) is 0.474. The van der Waals surface area contributed by atoms with E-state index in [0.29, 0.717) is 31.5 Å². The van der Waals surface area contributed by atoms with Gasteiger partial charge in [0.1, 0.15) is 0 Å². The third-order valence-corrected chi connectivity index (χ3v) is 4.46. The van der Waals surface area contributed by atoms with Gasteiger partial charge in [-0.25, -0.2) is 0 Å². The number of nitrogens with one attached hydrogen (secondary N) is 3. The molecular formula is C19H29IN6O3. The molecule has 3 N–H and O–H groups in total. The Morgan fingerprint density at radius 2 is 1.90 bits per heavy atom. The Balaban J connectivity index is 0.00000420. The highest BCUT2D eigenvalue weighted by molar-refractivity contribution is 14.0. The lowest BCUT2D eigenvalue weighted by molar-refractivity contribution is -0.384. The van der Waals surface area contributed by atoms with Crippen LogP contribution in [0.4, 0.5) is 11.4 Å². The zero-order chi connectivity index (χ0) is 20.4. The highest BCUT2D eigenvalue weighted by Gasteiger charge is 2.13. The minimum atomic E-state index is -0.414. The molecule has 9 nitrogen and oxygen atoms in total. The first-order valence-corrected chi connectivity index (χ1v) is 9.45. The molecule has 1 heterocycles. The smallest absolute Gasteiger partial charge is 0.269 e. The number of non-ortho nitro benzene ring substituents is 1. The Hall–Kier alpha value is -2.37. The SMILES string of the molecule is CCC(CC)c1cc(CNC(=NC)NCCNc2ccc([N+](=O)[O-])cc2)on1.I. The van der Waals surface area contributed by atoms with E-state index in [4.69, 9.17) is 4.52 Å². The van der Waals surface area contributed by atoms with Crippen LogP contribution in [-0.4, -0.2) is 36.2 Å². The maximum Gasteiger partial charge on any atom is 0.269 e. The van der Waals surface area contributed by atoms with Crippen LogP contribution in [0.1, 0.15) is 44.1 Å². The number of nitrogens with zero attached hydrogens (tertiary/aromatic N) is 3. The van der Waals surface area contributed by atoms with Crippen molar-refractivity contribution in [3.8, 4) is 0 Å². The van der Waals surface area contributed by atoms with Crippen LogP contribution in [0.3, 0.4) is 0 Å². The topological polar surface area (TPSA) is 118 Å². The largest absolute Gasteiger partial charge is 0.383 e. The molecule has 0 amide bonds. The van der Waals surface area contributed by atoms with Gasteiger partial charge in [0.15, 0.2) is 11.7 Å². The van der Waals surface area contributed by atoms with Gasteiger partial charge < -0.3 is 20.5 Å². The molecule has 0 bridgehead atoms. The molecule has 0 fully saturated rings. The number of rotatable bonds is 10. The summed E-state index contributed by atoms with van der Waals surface area (Å²) in [7, 11) is 1.70. The average Bonchev–Trinajstić information content (AvgIpc) is 3.17. The number of aromatic nitrogens is 1. The molecule has 0 radical (unpaired) electrons. The molecule has 10 heteroatoms. The van der Waals surface area contributed by atoms with Crippen molar-refractivity contribution in [3.63, 3.8) is 0 Å². The van der Waals surface area contributed by atoms with Crippen LogP contribution in [0.5, 0.6) is 0 Å². The first-order valence-electron chi connectivity index (χ1n) is 9.45. The van der Waals surface area contributed by atoms with Crippen LogP contribution in [-0.2, 0) is 6.54 Å². The van der Waals surface area contributed by atoms with Crippen LogP contribution in [0.2, 0.25) is 0 Å². The molecule has 2 aromatic rings. The number of halogens is 1. The van der Waals surface area contributed by atoms with Crippen molar-refractivity contribution in [1.82, 2.24) is 15.8 Å². The van der Waals surface area contributed by atoms with Gasteiger partial charge in [-0.15, -0.1) is 24.0 Å². The van der Waals surface area contributed by atoms with Gasteiger partial charge in [-0.3, -0.25) is 15.1 Å². The summed E-state index contributed by atoms with van der Waals surface area (Å²) in [6, 6.07) is 8.32. The molecule has 1 aromatic carbocycles. The van der Waals surface area contributed by atoms with Crippen molar-refractivity contribution >= 4 is 41.3 Å². The second-order valence-corrected chi connectivity index (χ2v) is 6.31. The average molecular weight is 516 g/mol. The van der Waals surface area contributed by atoms with E-state index in [2.05, 4.69) is 39.9 Å². The van der Waals surface area contributed by atoms with Crippen LogP contribution in [0.15, 0.2) is 39.8 Å². The molecule has 0 aliphatic heterocycles.